The summed E-state index contributed by atoms with van der Waals surface area (Å²) in [5, 5.41) is 19.8. The number of para-hydroxylation sites is 2. The van der Waals surface area contributed by atoms with E-state index < -0.39 is 22.5 Å². The highest BCUT2D eigenvalue weighted by Crippen LogP contribution is 2.34. The quantitative estimate of drug-likeness (QED) is 0.664. The molecule has 0 saturated heterocycles. The van der Waals surface area contributed by atoms with Gasteiger partial charge in [0.2, 0.25) is 0 Å². The topological polar surface area (TPSA) is 112 Å². The lowest BCUT2D eigenvalue weighted by atomic mass is 10.3. The number of benzene rings is 1. The van der Waals surface area contributed by atoms with Crippen LogP contribution in [0.3, 0.4) is 0 Å². The molecule has 1 aromatic heterocycles. The van der Waals surface area contributed by atoms with Gasteiger partial charge in [-0.05, 0) is 18.2 Å². The number of pyridine rings is 1. The van der Waals surface area contributed by atoms with E-state index in [2.05, 4.69) is 4.98 Å². The molecule has 21 heavy (non-hydrogen) atoms. The number of nitro groups is 1. The molecule has 0 bridgehead atoms. The second kappa shape index (κ2) is 5.87. The summed E-state index contributed by atoms with van der Waals surface area (Å²) in [6.45, 7) is 0. The highest BCUT2D eigenvalue weighted by molar-refractivity contribution is 5.85. The number of aromatic carboxylic acids is 1. The van der Waals surface area contributed by atoms with Crippen LogP contribution in [0.15, 0.2) is 36.4 Å². The molecule has 0 amide bonds. The van der Waals surface area contributed by atoms with E-state index >= 15 is 0 Å². The maximum atomic E-state index is 11.0. The smallest absolute Gasteiger partial charge is 0.354 e. The number of nitrogens with zero attached hydrogens (tertiary/aromatic N) is 2. The SMILES string of the molecule is COc1ccccc1Oc1nc(C(=O)O)ccc1[N+](=O)[O-]. The van der Waals surface area contributed by atoms with Crippen molar-refractivity contribution in [1.29, 1.82) is 0 Å². The van der Waals surface area contributed by atoms with Crippen LogP contribution in [0.2, 0.25) is 0 Å². The van der Waals surface area contributed by atoms with E-state index in [0.717, 1.165) is 12.1 Å². The standard InChI is InChI=1S/C13H10N2O6/c1-20-10-4-2-3-5-11(10)21-12-9(15(18)19)7-6-8(14-12)13(16)17/h2-7H,1H3,(H,16,17). The van der Waals surface area contributed by atoms with Crippen molar-refractivity contribution >= 4 is 11.7 Å². The van der Waals surface area contributed by atoms with E-state index in [0.29, 0.717) is 5.75 Å². The molecule has 0 fully saturated rings. The normalized spacial score (nSPS) is 9.95. The van der Waals surface area contributed by atoms with Crippen LogP contribution in [0.1, 0.15) is 10.5 Å². The first-order chi connectivity index (χ1) is 10.0. The number of carbonyl (C=O) groups is 1. The minimum Gasteiger partial charge on any atom is -0.493 e. The van der Waals surface area contributed by atoms with Crippen molar-refractivity contribution in [2.24, 2.45) is 0 Å². The monoisotopic (exact) mass is 290 g/mol. The van der Waals surface area contributed by atoms with Crippen LogP contribution >= 0.6 is 0 Å². The molecule has 0 aliphatic carbocycles. The molecular weight excluding hydrogens is 280 g/mol. The average Bonchev–Trinajstić information content (AvgIpc) is 2.47. The zero-order valence-corrected chi connectivity index (χ0v) is 10.8. The number of rotatable bonds is 5. The second-order valence-electron chi connectivity index (χ2n) is 3.84. The number of aromatic nitrogens is 1. The number of ether oxygens (including phenoxy) is 2. The summed E-state index contributed by atoms with van der Waals surface area (Å²) in [6.07, 6.45) is 0. The number of hydrogen-bond donors (Lipinski definition) is 1. The number of carboxylic acid groups (broad SMARTS) is 1. The first-order valence-electron chi connectivity index (χ1n) is 5.72. The van der Waals surface area contributed by atoms with Gasteiger partial charge in [0, 0.05) is 6.07 Å². The van der Waals surface area contributed by atoms with Crippen molar-refractivity contribution in [1.82, 2.24) is 4.98 Å². The highest BCUT2D eigenvalue weighted by Gasteiger charge is 2.21. The third kappa shape index (κ3) is 3.06. The third-order valence-electron chi connectivity index (χ3n) is 2.53. The fourth-order valence-corrected chi connectivity index (χ4v) is 1.57. The molecule has 8 nitrogen and oxygen atoms in total. The average molecular weight is 290 g/mol. The van der Waals surface area contributed by atoms with Crippen molar-refractivity contribution < 1.29 is 24.3 Å². The summed E-state index contributed by atoms with van der Waals surface area (Å²) in [6, 6.07) is 8.53. The number of carboxylic acids is 1. The van der Waals surface area contributed by atoms with Gasteiger partial charge in [-0.3, -0.25) is 10.1 Å². The van der Waals surface area contributed by atoms with Gasteiger partial charge < -0.3 is 14.6 Å². The Morgan fingerprint density at radius 2 is 1.90 bits per heavy atom. The van der Waals surface area contributed by atoms with Crippen LogP contribution in [0.4, 0.5) is 5.69 Å². The molecule has 0 radical (unpaired) electrons. The van der Waals surface area contributed by atoms with Crippen molar-refractivity contribution in [3.8, 4) is 17.4 Å². The summed E-state index contributed by atoms with van der Waals surface area (Å²) >= 11 is 0. The van der Waals surface area contributed by atoms with Crippen LogP contribution in [0, 0.1) is 10.1 Å². The van der Waals surface area contributed by atoms with Crippen molar-refractivity contribution in [2.75, 3.05) is 7.11 Å². The van der Waals surface area contributed by atoms with Crippen LogP contribution in [-0.2, 0) is 0 Å². The molecule has 108 valence electrons. The molecule has 0 spiro atoms. The molecule has 0 atom stereocenters. The van der Waals surface area contributed by atoms with Crippen LogP contribution in [0.25, 0.3) is 0 Å². The van der Waals surface area contributed by atoms with Crippen molar-refractivity contribution in [2.45, 2.75) is 0 Å². The zero-order valence-electron chi connectivity index (χ0n) is 10.8. The molecule has 1 aromatic carbocycles. The number of hydrogen-bond acceptors (Lipinski definition) is 6. The highest BCUT2D eigenvalue weighted by atomic mass is 16.6. The molecule has 1 heterocycles. The molecule has 2 rings (SSSR count). The third-order valence-corrected chi connectivity index (χ3v) is 2.53. The van der Waals surface area contributed by atoms with Crippen LogP contribution < -0.4 is 9.47 Å². The van der Waals surface area contributed by atoms with E-state index in [9.17, 15) is 14.9 Å². The van der Waals surface area contributed by atoms with Gasteiger partial charge in [0.25, 0.3) is 0 Å². The van der Waals surface area contributed by atoms with Crippen molar-refractivity contribution in [3.05, 3.63) is 52.2 Å². The molecule has 8 heteroatoms. The molecule has 0 aliphatic heterocycles. The maximum absolute atomic E-state index is 11.0. The lowest BCUT2D eigenvalue weighted by Crippen LogP contribution is -2.04. The van der Waals surface area contributed by atoms with E-state index in [1.165, 1.54) is 13.2 Å². The van der Waals surface area contributed by atoms with Crippen molar-refractivity contribution in [3.63, 3.8) is 0 Å². The van der Waals surface area contributed by atoms with E-state index in [-0.39, 0.29) is 11.4 Å². The Morgan fingerprint density at radius 3 is 2.48 bits per heavy atom. The Bertz CT molecular complexity index is 701. The lowest BCUT2D eigenvalue weighted by molar-refractivity contribution is -0.386. The molecule has 0 saturated carbocycles. The van der Waals surface area contributed by atoms with Crippen LogP contribution in [-0.4, -0.2) is 28.1 Å². The Kier molecular flexibility index (Phi) is 3.98. The molecule has 0 unspecified atom stereocenters. The Hall–Kier alpha value is -3.16. The fourth-order valence-electron chi connectivity index (χ4n) is 1.57. The first kappa shape index (κ1) is 14.3. The van der Waals surface area contributed by atoms with Gasteiger partial charge in [-0.25, -0.2) is 4.79 Å². The lowest BCUT2D eigenvalue weighted by Gasteiger charge is -2.09. The van der Waals surface area contributed by atoms with Crippen LogP contribution in [0.5, 0.6) is 17.4 Å². The Balaban J connectivity index is 2.48. The van der Waals surface area contributed by atoms with Gasteiger partial charge >= 0.3 is 17.5 Å². The van der Waals surface area contributed by atoms with E-state index in [4.69, 9.17) is 14.6 Å². The first-order valence-corrected chi connectivity index (χ1v) is 5.72. The van der Waals surface area contributed by atoms with E-state index in [1.54, 1.807) is 18.2 Å². The summed E-state index contributed by atoms with van der Waals surface area (Å²) in [5.41, 5.74) is -0.795. The summed E-state index contributed by atoms with van der Waals surface area (Å²) in [7, 11) is 1.41. The summed E-state index contributed by atoms with van der Waals surface area (Å²) < 4.78 is 10.4. The largest absolute Gasteiger partial charge is 0.493 e. The zero-order chi connectivity index (χ0) is 15.4. The molecule has 2 aromatic rings. The van der Waals surface area contributed by atoms with Gasteiger partial charge in [0.1, 0.15) is 0 Å². The number of methoxy groups -OCH3 is 1. The second-order valence-corrected chi connectivity index (χ2v) is 3.84. The van der Waals surface area contributed by atoms with E-state index in [1.807, 2.05) is 0 Å². The molecule has 1 N–H and O–H groups in total. The fraction of sp³-hybridized carbons (Fsp3) is 0.0769. The minimum atomic E-state index is -1.31. The van der Waals surface area contributed by atoms with Gasteiger partial charge in [-0.1, -0.05) is 12.1 Å². The van der Waals surface area contributed by atoms with Gasteiger partial charge in [0.05, 0.1) is 12.0 Å². The van der Waals surface area contributed by atoms with Gasteiger partial charge in [0.15, 0.2) is 17.2 Å². The predicted octanol–water partition coefficient (Wildman–Crippen LogP) is 2.49. The molecule has 0 aliphatic rings. The minimum absolute atomic E-state index is 0.193. The van der Waals surface area contributed by atoms with Gasteiger partial charge in [-0.2, -0.15) is 4.98 Å². The predicted molar refractivity (Wildman–Crippen MR) is 70.9 cm³/mol. The Morgan fingerprint density at radius 1 is 1.24 bits per heavy atom. The summed E-state index contributed by atoms with van der Waals surface area (Å²) in [5.74, 6) is -1.19. The van der Waals surface area contributed by atoms with Gasteiger partial charge in [-0.15, -0.1) is 0 Å². The maximum Gasteiger partial charge on any atom is 0.354 e. The summed E-state index contributed by atoms with van der Waals surface area (Å²) in [4.78, 5) is 24.8. The Labute approximate surface area is 118 Å². The molecular formula is C13H10N2O6.